The Kier molecular flexibility index (Phi) is 9.13. The number of hydrogen-bond acceptors (Lipinski definition) is 3. The predicted octanol–water partition coefficient (Wildman–Crippen LogP) is 3.51. The molecule has 0 fully saturated rings. The van der Waals surface area contributed by atoms with E-state index in [9.17, 15) is 13.2 Å². The summed E-state index contributed by atoms with van der Waals surface area (Å²) in [5.41, 5.74) is 0. The molecule has 0 aliphatic carbocycles. The zero-order chi connectivity index (χ0) is 18.0. The second-order valence-corrected chi connectivity index (χ2v) is 6.92. The largest absolute Gasteiger partial charge is 0.411 e. The molecule has 1 rings (SSSR count). The second-order valence-electron chi connectivity index (χ2n) is 5.54. The van der Waals surface area contributed by atoms with Crippen LogP contribution in [0.2, 0.25) is 0 Å². The van der Waals surface area contributed by atoms with Gasteiger partial charge in [-0.2, -0.15) is 13.2 Å². The van der Waals surface area contributed by atoms with Gasteiger partial charge in [0.2, 0.25) is 0 Å². The Labute approximate surface area is 145 Å². The minimum absolute atomic E-state index is 0.0481. The van der Waals surface area contributed by atoms with E-state index in [1.165, 1.54) is 9.75 Å². The fourth-order valence-corrected chi connectivity index (χ4v) is 3.07. The van der Waals surface area contributed by atoms with Gasteiger partial charge in [0, 0.05) is 41.9 Å². The zero-order valence-corrected chi connectivity index (χ0v) is 15.2. The molecular formula is C16H26F3N3OS. The van der Waals surface area contributed by atoms with Crippen LogP contribution in [0.5, 0.6) is 0 Å². The zero-order valence-electron chi connectivity index (χ0n) is 14.4. The van der Waals surface area contributed by atoms with E-state index in [-0.39, 0.29) is 12.6 Å². The molecule has 0 aliphatic rings. The molecule has 1 aromatic heterocycles. The van der Waals surface area contributed by atoms with Crippen LogP contribution in [0.3, 0.4) is 0 Å². The standard InChI is InChI=1S/C16H26F3N3OS/c1-4-20-15(21-8-5-9-23-11-16(17,18)19)22-12(2)10-14-7-6-13(3)24-14/h6-7,12H,4-5,8-11H2,1-3H3,(H2,20,21,22). The highest BCUT2D eigenvalue weighted by molar-refractivity contribution is 7.11. The van der Waals surface area contributed by atoms with Crippen molar-refractivity contribution in [2.75, 3.05) is 26.3 Å². The molecule has 1 atom stereocenters. The molecule has 24 heavy (non-hydrogen) atoms. The number of rotatable bonds is 9. The molecule has 8 heteroatoms. The lowest BCUT2D eigenvalue weighted by Crippen LogP contribution is -2.43. The molecule has 138 valence electrons. The number of hydrogen-bond donors (Lipinski definition) is 2. The van der Waals surface area contributed by atoms with Gasteiger partial charge in [0.15, 0.2) is 5.96 Å². The third-order valence-corrected chi connectivity index (χ3v) is 4.04. The third kappa shape index (κ3) is 9.77. The average Bonchev–Trinajstić information content (AvgIpc) is 2.86. The van der Waals surface area contributed by atoms with E-state index < -0.39 is 12.8 Å². The molecule has 0 amide bonds. The SMILES string of the molecule is CCNC(=NCCCOCC(F)(F)F)NC(C)Cc1ccc(C)s1. The van der Waals surface area contributed by atoms with Gasteiger partial charge < -0.3 is 15.4 Å². The molecule has 1 aromatic rings. The number of nitrogens with zero attached hydrogens (tertiary/aromatic N) is 1. The summed E-state index contributed by atoms with van der Waals surface area (Å²) >= 11 is 1.78. The van der Waals surface area contributed by atoms with E-state index in [0.717, 1.165) is 13.0 Å². The maximum atomic E-state index is 11.9. The van der Waals surface area contributed by atoms with Crippen molar-refractivity contribution < 1.29 is 17.9 Å². The van der Waals surface area contributed by atoms with Gasteiger partial charge in [0.25, 0.3) is 0 Å². The van der Waals surface area contributed by atoms with Crippen LogP contribution in [0.15, 0.2) is 17.1 Å². The molecule has 0 spiro atoms. The van der Waals surface area contributed by atoms with Crippen molar-refractivity contribution in [2.45, 2.75) is 45.8 Å². The maximum Gasteiger partial charge on any atom is 0.411 e. The number of ether oxygens (including phenoxy) is 1. The van der Waals surface area contributed by atoms with Crippen LogP contribution >= 0.6 is 11.3 Å². The van der Waals surface area contributed by atoms with Crippen LogP contribution in [0.4, 0.5) is 13.2 Å². The van der Waals surface area contributed by atoms with Gasteiger partial charge in [-0.1, -0.05) is 0 Å². The Bertz CT molecular complexity index is 503. The van der Waals surface area contributed by atoms with Crippen molar-refractivity contribution in [3.05, 3.63) is 21.9 Å². The van der Waals surface area contributed by atoms with Crippen LogP contribution in [0.25, 0.3) is 0 Å². The summed E-state index contributed by atoms with van der Waals surface area (Å²) in [5.74, 6) is 0.675. The lowest BCUT2D eigenvalue weighted by atomic mass is 10.2. The van der Waals surface area contributed by atoms with E-state index in [1.54, 1.807) is 11.3 Å². The van der Waals surface area contributed by atoms with E-state index in [4.69, 9.17) is 0 Å². The van der Waals surface area contributed by atoms with Crippen LogP contribution in [-0.4, -0.2) is 44.5 Å². The highest BCUT2D eigenvalue weighted by atomic mass is 32.1. The fraction of sp³-hybridized carbons (Fsp3) is 0.688. The lowest BCUT2D eigenvalue weighted by Gasteiger charge is -2.17. The number of guanidine groups is 1. The van der Waals surface area contributed by atoms with Crippen molar-refractivity contribution in [1.29, 1.82) is 0 Å². The van der Waals surface area contributed by atoms with Gasteiger partial charge in [0.1, 0.15) is 6.61 Å². The highest BCUT2D eigenvalue weighted by Gasteiger charge is 2.27. The molecule has 0 bridgehead atoms. The summed E-state index contributed by atoms with van der Waals surface area (Å²) in [6, 6.07) is 4.44. The first-order valence-corrected chi connectivity index (χ1v) is 8.86. The summed E-state index contributed by atoms with van der Waals surface area (Å²) in [6.45, 7) is 6.11. The van der Waals surface area contributed by atoms with Crippen molar-refractivity contribution in [3.63, 3.8) is 0 Å². The van der Waals surface area contributed by atoms with Crippen molar-refractivity contribution in [3.8, 4) is 0 Å². The molecule has 2 N–H and O–H groups in total. The Morgan fingerprint density at radius 2 is 2.12 bits per heavy atom. The maximum absolute atomic E-state index is 11.9. The first-order valence-electron chi connectivity index (χ1n) is 8.05. The molecule has 0 saturated heterocycles. The van der Waals surface area contributed by atoms with Crippen LogP contribution in [-0.2, 0) is 11.2 Å². The minimum atomic E-state index is -4.27. The summed E-state index contributed by atoms with van der Waals surface area (Å²) in [7, 11) is 0. The first-order chi connectivity index (χ1) is 11.3. The fourth-order valence-electron chi connectivity index (χ4n) is 2.05. The molecular weight excluding hydrogens is 339 g/mol. The van der Waals surface area contributed by atoms with Gasteiger partial charge in [-0.3, -0.25) is 4.99 Å². The third-order valence-electron chi connectivity index (χ3n) is 3.01. The van der Waals surface area contributed by atoms with E-state index in [1.807, 2.05) is 6.92 Å². The second kappa shape index (κ2) is 10.6. The first kappa shape index (κ1) is 20.8. The molecule has 0 aromatic carbocycles. The minimum Gasteiger partial charge on any atom is -0.372 e. The van der Waals surface area contributed by atoms with Crippen LogP contribution in [0, 0.1) is 6.92 Å². The van der Waals surface area contributed by atoms with E-state index in [0.29, 0.717) is 18.9 Å². The number of alkyl halides is 3. The van der Waals surface area contributed by atoms with Gasteiger partial charge in [-0.05, 0) is 39.3 Å². The monoisotopic (exact) mass is 365 g/mol. The Balaban J connectivity index is 2.33. The quantitative estimate of drug-likeness (QED) is 0.400. The highest BCUT2D eigenvalue weighted by Crippen LogP contribution is 2.16. The van der Waals surface area contributed by atoms with Crippen LogP contribution in [0.1, 0.15) is 30.0 Å². The number of aliphatic imine (C=N–C) groups is 1. The van der Waals surface area contributed by atoms with E-state index >= 15 is 0 Å². The predicted molar refractivity (Wildman–Crippen MR) is 92.8 cm³/mol. The molecule has 1 unspecified atom stereocenters. The van der Waals surface area contributed by atoms with Gasteiger partial charge in [0.05, 0.1) is 0 Å². The molecule has 1 heterocycles. The number of halogens is 3. The number of thiophene rings is 1. The smallest absolute Gasteiger partial charge is 0.372 e. The summed E-state index contributed by atoms with van der Waals surface area (Å²) < 4.78 is 40.4. The normalized spacial score (nSPS) is 13.8. The summed E-state index contributed by atoms with van der Waals surface area (Å²) in [5, 5.41) is 6.46. The van der Waals surface area contributed by atoms with Crippen molar-refractivity contribution >= 4 is 17.3 Å². The van der Waals surface area contributed by atoms with Gasteiger partial charge in [-0.25, -0.2) is 0 Å². The van der Waals surface area contributed by atoms with Crippen molar-refractivity contribution in [1.82, 2.24) is 10.6 Å². The topological polar surface area (TPSA) is 45.7 Å². The molecule has 4 nitrogen and oxygen atoms in total. The van der Waals surface area contributed by atoms with Crippen LogP contribution < -0.4 is 10.6 Å². The molecule has 0 saturated carbocycles. The van der Waals surface area contributed by atoms with E-state index in [2.05, 4.69) is 46.3 Å². The Morgan fingerprint density at radius 3 is 2.71 bits per heavy atom. The Hall–Kier alpha value is -1.28. The molecule has 0 aliphatic heterocycles. The average molecular weight is 365 g/mol. The lowest BCUT2D eigenvalue weighted by molar-refractivity contribution is -0.173. The van der Waals surface area contributed by atoms with Gasteiger partial charge >= 0.3 is 6.18 Å². The Morgan fingerprint density at radius 1 is 1.38 bits per heavy atom. The summed E-state index contributed by atoms with van der Waals surface area (Å²) in [4.78, 5) is 6.97. The molecule has 0 radical (unpaired) electrons. The van der Waals surface area contributed by atoms with Crippen molar-refractivity contribution in [2.24, 2.45) is 4.99 Å². The summed E-state index contributed by atoms with van der Waals surface area (Å²) in [6.07, 6.45) is -2.92. The van der Waals surface area contributed by atoms with Gasteiger partial charge in [-0.15, -0.1) is 11.3 Å². The number of nitrogens with one attached hydrogen (secondary N) is 2. The number of aryl methyl sites for hydroxylation is 1.